The number of pyridine rings is 1. The molecule has 2 rings (SSSR count). The molecule has 0 amide bonds. The molecule has 5 heteroatoms. The maximum atomic E-state index is 9.10. The molecular formula is C14H19N3O2. The van der Waals surface area contributed by atoms with Crippen molar-refractivity contribution in [2.24, 2.45) is 0 Å². The second-order valence-corrected chi connectivity index (χ2v) is 4.80. The normalized spacial score (nSPS) is 19.5. The molecule has 102 valence electrons. The average Bonchev–Trinajstić information content (AvgIpc) is 2.45. The summed E-state index contributed by atoms with van der Waals surface area (Å²) in [7, 11) is 0. The van der Waals surface area contributed by atoms with Crippen LogP contribution in [0.4, 0.5) is 5.69 Å². The number of ether oxygens (including phenoxy) is 2. The van der Waals surface area contributed by atoms with Gasteiger partial charge in [-0.3, -0.25) is 0 Å². The highest BCUT2D eigenvalue weighted by molar-refractivity contribution is 5.55. The Hall–Kier alpha value is -1.64. The fourth-order valence-corrected chi connectivity index (χ4v) is 2.08. The van der Waals surface area contributed by atoms with E-state index < -0.39 is 0 Å². The SMILES string of the molecule is CC(C)OCC1CN(c2cccnc2C#N)CCO1. The highest BCUT2D eigenvalue weighted by atomic mass is 16.5. The lowest BCUT2D eigenvalue weighted by molar-refractivity contribution is -0.0406. The minimum Gasteiger partial charge on any atom is -0.376 e. The number of hydrogen-bond acceptors (Lipinski definition) is 5. The smallest absolute Gasteiger partial charge is 0.163 e. The van der Waals surface area contributed by atoms with Crippen molar-refractivity contribution in [3.63, 3.8) is 0 Å². The molecule has 0 bridgehead atoms. The largest absolute Gasteiger partial charge is 0.376 e. The van der Waals surface area contributed by atoms with E-state index in [0.29, 0.717) is 18.9 Å². The van der Waals surface area contributed by atoms with Crippen LogP contribution in [0.25, 0.3) is 0 Å². The van der Waals surface area contributed by atoms with E-state index in [-0.39, 0.29) is 12.2 Å². The number of hydrogen-bond donors (Lipinski definition) is 0. The fourth-order valence-electron chi connectivity index (χ4n) is 2.08. The molecule has 1 unspecified atom stereocenters. The van der Waals surface area contributed by atoms with E-state index in [2.05, 4.69) is 16.0 Å². The van der Waals surface area contributed by atoms with Gasteiger partial charge in [0, 0.05) is 19.3 Å². The van der Waals surface area contributed by atoms with E-state index in [1.165, 1.54) is 0 Å². The predicted octanol–water partition coefficient (Wildman–Crippen LogP) is 1.58. The molecule has 1 aliphatic rings. The Morgan fingerprint density at radius 2 is 2.47 bits per heavy atom. The summed E-state index contributed by atoms with van der Waals surface area (Å²) in [6, 6.07) is 5.91. The third-order valence-corrected chi connectivity index (χ3v) is 2.99. The van der Waals surface area contributed by atoms with Crippen LogP contribution in [0.5, 0.6) is 0 Å². The van der Waals surface area contributed by atoms with Crippen LogP contribution in [0.15, 0.2) is 18.3 Å². The van der Waals surface area contributed by atoms with Crippen LogP contribution in [0.1, 0.15) is 19.5 Å². The quantitative estimate of drug-likeness (QED) is 0.823. The number of anilines is 1. The molecule has 1 fully saturated rings. The van der Waals surface area contributed by atoms with Crippen molar-refractivity contribution in [1.29, 1.82) is 5.26 Å². The van der Waals surface area contributed by atoms with Gasteiger partial charge in [-0.05, 0) is 26.0 Å². The first-order chi connectivity index (χ1) is 9.20. The van der Waals surface area contributed by atoms with Crippen molar-refractivity contribution in [1.82, 2.24) is 4.98 Å². The predicted molar refractivity (Wildman–Crippen MR) is 72.0 cm³/mol. The van der Waals surface area contributed by atoms with Gasteiger partial charge in [-0.25, -0.2) is 4.98 Å². The summed E-state index contributed by atoms with van der Waals surface area (Å²) in [4.78, 5) is 6.24. The molecule has 1 aromatic rings. The maximum absolute atomic E-state index is 9.10. The number of morpholine rings is 1. The highest BCUT2D eigenvalue weighted by Gasteiger charge is 2.23. The van der Waals surface area contributed by atoms with Crippen LogP contribution in [-0.2, 0) is 9.47 Å². The van der Waals surface area contributed by atoms with Crippen LogP contribution >= 0.6 is 0 Å². The molecule has 19 heavy (non-hydrogen) atoms. The summed E-state index contributed by atoms with van der Waals surface area (Å²) in [5, 5.41) is 9.10. The second kappa shape index (κ2) is 6.50. The summed E-state index contributed by atoms with van der Waals surface area (Å²) in [6.07, 6.45) is 1.89. The van der Waals surface area contributed by atoms with Crippen molar-refractivity contribution < 1.29 is 9.47 Å². The maximum Gasteiger partial charge on any atom is 0.163 e. The molecule has 1 aliphatic heterocycles. The Morgan fingerprint density at radius 1 is 1.63 bits per heavy atom. The lowest BCUT2D eigenvalue weighted by Gasteiger charge is -2.34. The van der Waals surface area contributed by atoms with E-state index in [0.717, 1.165) is 18.8 Å². The molecular weight excluding hydrogens is 242 g/mol. The second-order valence-electron chi connectivity index (χ2n) is 4.80. The molecule has 1 atom stereocenters. The third-order valence-electron chi connectivity index (χ3n) is 2.99. The van der Waals surface area contributed by atoms with Gasteiger partial charge in [-0.1, -0.05) is 0 Å². The summed E-state index contributed by atoms with van der Waals surface area (Å²) in [5.74, 6) is 0. The number of nitriles is 1. The van der Waals surface area contributed by atoms with Gasteiger partial charge in [-0.2, -0.15) is 5.26 Å². The van der Waals surface area contributed by atoms with Gasteiger partial charge >= 0.3 is 0 Å². The Labute approximate surface area is 113 Å². The average molecular weight is 261 g/mol. The van der Waals surface area contributed by atoms with E-state index in [1.54, 1.807) is 6.20 Å². The monoisotopic (exact) mass is 261 g/mol. The van der Waals surface area contributed by atoms with Gasteiger partial charge in [0.15, 0.2) is 5.69 Å². The van der Waals surface area contributed by atoms with Gasteiger partial charge in [-0.15, -0.1) is 0 Å². The van der Waals surface area contributed by atoms with Crippen molar-refractivity contribution in [3.05, 3.63) is 24.0 Å². The first kappa shape index (κ1) is 13.8. The van der Waals surface area contributed by atoms with Crippen LogP contribution in [0.3, 0.4) is 0 Å². The number of rotatable bonds is 4. The Morgan fingerprint density at radius 3 is 3.21 bits per heavy atom. The standard InChI is InChI=1S/C14H19N3O2/c1-11(2)19-10-12-9-17(6-7-18-12)14-4-3-5-16-13(14)8-15/h3-5,11-12H,6-7,9-10H2,1-2H3. The van der Waals surface area contributed by atoms with Crippen LogP contribution < -0.4 is 4.90 Å². The summed E-state index contributed by atoms with van der Waals surface area (Å²) >= 11 is 0. The minimum atomic E-state index is 0.0444. The highest BCUT2D eigenvalue weighted by Crippen LogP contribution is 2.20. The molecule has 1 aromatic heterocycles. The number of aromatic nitrogens is 1. The molecule has 5 nitrogen and oxygen atoms in total. The Bertz CT molecular complexity index is 456. The Kier molecular flexibility index (Phi) is 4.72. The van der Waals surface area contributed by atoms with E-state index in [9.17, 15) is 0 Å². The molecule has 2 heterocycles. The van der Waals surface area contributed by atoms with Gasteiger partial charge in [0.2, 0.25) is 0 Å². The summed E-state index contributed by atoms with van der Waals surface area (Å²) < 4.78 is 11.3. The van der Waals surface area contributed by atoms with Crippen LogP contribution in [-0.4, -0.2) is 43.5 Å². The molecule has 0 saturated carbocycles. The van der Waals surface area contributed by atoms with Crippen molar-refractivity contribution >= 4 is 5.69 Å². The molecule has 0 N–H and O–H groups in total. The summed E-state index contributed by atoms with van der Waals surface area (Å²) in [6.45, 7) is 6.75. The zero-order valence-corrected chi connectivity index (χ0v) is 11.4. The lowest BCUT2D eigenvalue weighted by atomic mass is 10.2. The lowest BCUT2D eigenvalue weighted by Crippen LogP contribution is -2.45. The van der Waals surface area contributed by atoms with Crippen LogP contribution in [0, 0.1) is 11.3 Å². The van der Waals surface area contributed by atoms with Crippen molar-refractivity contribution in [2.45, 2.75) is 26.1 Å². The van der Waals surface area contributed by atoms with Gasteiger partial charge in [0.25, 0.3) is 0 Å². The molecule has 0 spiro atoms. The molecule has 0 aromatic carbocycles. The van der Waals surface area contributed by atoms with Gasteiger partial charge in [0.1, 0.15) is 6.07 Å². The van der Waals surface area contributed by atoms with Gasteiger partial charge < -0.3 is 14.4 Å². The van der Waals surface area contributed by atoms with Crippen LogP contribution in [0.2, 0.25) is 0 Å². The number of nitrogens with zero attached hydrogens (tertiary/aromatic N) is 3. The van der Waals surface area contributed by atoms with Crippen molar-refractivity contribution in [3.8, 4) is 6.07 Å². The Balaban J connectivity index is 2.03. The van der Waals surface area contributed by atoms with E-state index in [1.807, 2.05) is 26.0 Å². The zero-order valence-electron chi connectivity index (χ0n) is 11.4. The minimum absolute atomic E-state index is 0.0444. The first-order valence-electron chi connectivity index (χ1n) is 6.54. The fraction of sp³-hybridized carbons (Fsp3) is 0.571. The van der Waals surface area contributed by atoms with E-state index >= 15 is 0 Å². The first-order valence-corrected chi connectivity index (χ1v) is 6.54. The van der Waals surface area contributed by atoms with E-state index in [4.69, 9.17) is 14.7 Å². The van der Waals surface area contributed by atoms with Gasteiger partial charge in [0.05, 0.1) is 31.1 Å². The summed E-state index contributed by atoms with van der Waals surface area (Å²) in [5.41, 5.74) is 1.34. The van der Waals surface area contributed by atoms with Crippen molar-refractivity contribution in [2.75, 3.05) is 31.2 Å². The third kappa shape index (κ3) is 3.66. The molecule has 0 aliphatic carbocycles. The zero-order chi connectivity index (χ0) is 13.7. The topological polar surface area (TPSA) is 58.4 Å². The molecule has 0 radical (unpaired) electrons. The molecule has 1 saturated heterocycles.